The summed E-state index contributed by atoms with van der Waals surface area (Å²) in [6.07, 6.45) is 4.27. The summed E-state index contributed by atoms with van der Waals surface area (Å²) in [7, 11) is -3.62. The molecule has 0 bridgehead atoms. The van der Waals surface area contributed by atoms with Crippen molar-refractivity contribution in [2.75, 3.05) is 0 Å². The highest BCUT2D eigenvalue weighted by molar-refractivity contribution is 7.89. The Morgan fingerprint density at radius 1 is 1.22 bits per heavy atom. The van der Waals surface area contributed by atoms with E-state index in [2.05, 4.69) is 9.71 Å². The van der Waals surface area contributed by atoms with Crippen molar-refractivity contribution in [3.8, 4) is 11.9 Å². The van der Waals surface area contributed by atoms with E-state index in [1.54, 1.807) is 31.2 Å². The zero-order valence-corrected chi connectivity index (χ0v) is 16.4. The summed E-state index contributed by atoms with van der Waals surface area (Å²) in [6.45, 7) is 1.75. The van der Waals surface area contributed by atoms with E-state index in [0.29, 0.717) is 34.9 Å². The molecule has 0 aliphatic heterocycles. The number of aromatic nitrogens is 1. The number of nitrogens with zero attached hydrogens (tertiary/aromatic N) is 2. The molecule has 1 aromatic carbocycles. The van der Waals surface area contributed by atoms with Crippen LogP contribution in [0, 0.1) is 18.3 Å². The van der Waals surface area contributed by atoms with Crippen LogP contribution >= 0.6 is 11.6 Å². The molecule has 2 aromatic rings. The fourth-order valence-corrected chi connectivity index (χ4v) is 4.94. The van der Waals surface area contributed by atoms with E-state index in [1.165, 1.54) is 12.3 Å². The maximum Gasteiger partial charge on any atom is 0.241 e. The van der Waals surface area contributed by atoms with E-state index in [-0.39, 0.29) is 17.0 Å². The molecule has 1 saturated carbocycles. The van der Waals surface area contributed by atoms with Crippen LogP contribution in [-0.2, 0) is 10.0 Å². The molecule has 0 spiro atoms. The van der Waals surface area contributed by atoms with E-state index < -0.39 is 10.0 Å². The SMILES string of the molecule is Cc1ccc(Cl)cc1S(=O)(=O)NC1CCC(Oc2ccc(C#N)cn2)CC1. The molecule has 3 rings (SSSR count). The molecule has 0 unspecified atom stereocenters. The van der Waals surface area contributed by atoms with Gasteiger partial charge in [0.15, 0.2) is 0 Å². The third-order valence-electron chi connectivity index (χ3n) is 4.59. The average molecular weight is 406 g/mol. The monoisotopic (exact) mass is 405 g/mol. The second-order valence-corrected chi connectivity index (χ2v) is 8.74. The maximum absolute atomic E-state index is 12.7. The summed E-state index contributed by atoms with van der Waals surface area (Å²) in [5.41, 5.74) is 1.15. The molecule has 8 heteroatoms. The number of halogens is 1. The normalized spacial score (nSPS) is 20.0. The Balaban J connectivity index is 1.57. The molecule has 27 heavy (non-hydrogen) atoms. The molecular weight excluding hydrogens is 386 g/mol. The average Bonchev–Trinajstić information content (AvgIpc) is 2.65. The van der Waals surface area contributed by atoms with Gasteiger partial charge in [0.2, 0.25) is 15.9 Å². The predicted molar refractivity (Wildman–Crippen MR) is 102 cm³/mol. The van der Waals surface area contributed by atoms with Crippen LogP contribution in [0.4, 0.5) is 0 Å². The van der Waals surface area contributed by atoms with Crippen LogP contribution in [0.1, 0.15) is 36.8 Å². The van der Waals surface area contributed by atoms with Crippen molar-refractivity contribution in [3.05, 3.63) is 52.7 Å². The van der Waals surface area contributed by atoms with Crippen molar-refractivity contribution in [3.63, 3.8) is 0 Å². The summed E-state index contributed by atoms with van der Waals surface area (Å²) >= 11 is 5.95. The topological polar surface area (TPSA) is 92.1 Å². The van der Waals surface area contributed by atoms with Gasteiger partial charge in [-0.25, -0.2) is 18.1 Å². The number of ether oxygens (including phenoxy) is 1. The molecule has 1 aliphatic rings. The number of aryl methyl sites for hydroxylation is 1. The van der Waals surface area contributed by atoms with Gasteiger partial charge in [-0.3, -0.25) is 0 Å². The largest absolute Gasteiger partial charge is 0.474 e. The number of sulfonamides is 1. The van der Waals surface area contributed by atoms with E-state index in [4.69, 9.17) is 21.6 Å². The van der Waals surface area contributed by atoms with Gasteiger partial charge in [-0.1, -0.05) is 17.7 Å². The molecule has 0 saturated heterocycles. The summed E-state index contributed by atoms with van der Waals surface area (Å²) in [4.78, 5) is 4.33. The highest BCUT2D eigenvalue weighted by Gasteiger charge is 2.27. The molecule has 1 fully saturated rings. The number of hydrogen-bond donors (Lipinski definition) is 1. The number of hydrogen-bond acceptors (Lipinski definition) is 5. The smallest absolute Gasteiger partial charge is 0.241 e. The van der Waals surface area contributed by atoms with Crippen molar-refractivity contribution < 1.29 is 13.2 Å². The highest BCUT2D eigenvalue weighted by atomic mass is 35.5. The minimum absolute atomic E-state index is 0.0147. The zero-order chi connectivity index (χ0) is 19.4. The lowest BCUT2D eigenvalue weighted by Crippen LogP contribution is -2.39. The number of benzene rings is 1. The molecule has 0 radical (unpaired) electrons. The summed E-state index contributed by atoms with van der Waals surface area (Å²) in [6, 6.07) is 10.1. The van der Waals surface area contributed by atoms with Gasteiger partial charge in [-0.05, 0) is 56.4 Å². The molecule has 1 aromatic heterocycles. The Morgan fingerprint density at radius 2 is 1.96 bits per heavy atom. The first-order valence-electron chi connectivity index (χ1n) is 8.68. The minimum atomic E-state index is -3.62. The Hall–Kier alpha value is -2.14. The first-order chi connectivity index (χ1) is 12.9. The van der Waals surface area contributed by atoms with Crippen LogP contribution in [0.3, 0.4) is 0 Å². The Kier molecular flexibility index (Phi) is 6.00. The molecule has 1 aliphatic carbocycles. The fourth-order valence-electron chi connectivity index (χ4n) is 3.13. The van der Waals surface area contributed by atoms with Crippen LogP contribution < -0.4 is 9.46 Å². The molecule has 0 amide bonds. The molecular formula is C19H20ClN3O3S. The quantitative estimate of drug-likeness (QED) is 0.820. The van der Waals surface area contributed by atoms with Crippen LogP contribution in [0.2, 0.25) is 5.02 Å². The lowest BCUT2D eigenvalue weighted by molar-refractivity contribution is 0.138. The van der Waals surface area contributed by atoms with Crippen molar-refractivity contribution >= 4 is 21.6 Å². The standard InChI is InChI=1S/C19H20ClN3O3S/c1-13-2-4-15(20)10-18(13)27(24,25)23-16-5-7-17(8-6-16)26-19-9-3-14(11-21)12-22-19/h2-4,9-10,12,16-17,23H,5-8H2,1H3. The molecule has 1 heterocycles. The molecule has 1 N–H and O–H groups in total. The van der Waals surface area contributed by atoms with Crippen LogP contribution in [-0.4, -0.2) is 25.5 Å². The van der Waals surface area contributed by atoms with Gasteiger partial charge < -0.3 is 4.74 Å². The van der Waals surface area contributed by atoms with Crippen LogP contribution in [0.25, 0.3) is 0 Å². The van der Waals surface area contributed by atoms with Crippen LogP contribution in [0.15, 0.2) is 41.4 Å². The van der Waals surface area contributed by atoms with Crippen molar-refractivity contribution in [2.24, 2.45) is 0 Å². The van der Waals surface area contributed by atoms with Gasteiger partial charge in [0.1, 0.15) is 12.2 Å². The molecule has 0 atom stereocenters. The van der Waals surface area contributed by atoms with Crippen molar-refractivity contribution in [1.29, 1.82) is 5.26 Å². The summed E-state index contributed by atoms with van der Waals surface area (Å²) in [5.74, 6) is 0.479. The van der Waals surface area contributed by atoms with E-state index in [1.807, 2.05) is 6.07 Å². The molecule has 6 nitrogen and oxygen atoms in total. The van der Waals surface area contributed by atoms with Gasteiger partial charge in [0.25, 0.3) is 0 Å². The first kappa shape index (κ1) is 19.6. The second kappa shape index (κ2) is 8.26. The minimum Gasteiger partial charge on any atom is -0.474 e. The van der Waals surface area contributed by atoms with Gasteiger partial charge >= 0.3 is 0 Å². The van der Waals surface area contributed by atoms with Crippen molar-refractivity contribution in [2.45, 2.75) is 49.6 Å². The van der Waals surface area contributed by atoms with E-state index in [9.17, 15) is 8.42 Å². The number of pyridine rings is 1. The van der Waals surface area contributed by atoms with Crippen molar-refractivity contribution in [1.82, 2.24) is 9.71 Å². The summed E-state index contributed by atoms with van der Waals surface area (Å²) in [5, 5.41) is 9.19. The third-order valence-corrected chi connectivity index (χ3v) is 6.49. The number of rotatable bonds is 5. The van der Waals surface area contributed by atoms with Crippen LogP contribution in [0.5, 0.6) is 5.88 Å². The first-order valence-corrected chi connectivity index (χ1v) is 10.5. The van der Waals surface area contributed by atoms with Gasteiger partial charge in [0, 0.05) is 23.3 Å². The van der Waals surface area contributed by atoms with E-state index in [0.717, 1.165) is 12.8 Å². The Labute approximate surface area is 164 Å². The second-order valence-electron chi connectivity index (χ2n) is 6.62. The maximum atomic E-state index is 12.7. The predicted octanol–water partition coefficient (Wildman–Crippen LogP) is 3.58. The highest BCUT2D eigenvalue weighted by Crippen LogP contribution is 2.26. The van der Waals surface area contributed by atoms with E-state index >= 15 is 0 Å². The van der Waals surface area contributed by atoms with Gasteiger partial charge in [-0.15, -0.1) is 0 Å². The molecule has 142 valence electrons. The third kappa shape index (κ3) is 4.98. The number of nitrogens with one attached hydrogen (secondary N) is 1. The zero-order valence-electron chi connectivity index (χ0n) is 14.9. The summed E-state index contributed by atoms with van der Waals surface area (Å²) < 4.78 is 34.0. The fraction of sp³-hybridized carbons (Fsp3) is 0.368. The Morgan fingerprint density at radius 3 is 2.59 bits per heavy atom. The lowest BCUT2D eigenvalue weighted by Gasteiger charge is -2.29. The number of nitriles is 1. The Bertz CT molecular complexity index is 947. The lowest BCUT2D eigenvalue weighted by atomic mass is 9.94. The van der Waals surface area contributed by atoms with Gasteiger partial charge in [-0.2, -0.15) is 5.26 Å². The van der Waals surface area contributed by atoms with Gasteiger partial charge in [0.05, 0.1) is 10.5 Å².